The van der Waals surface area contributed by atoms with Crippen molar-refractivity contribution in [3.05, 3.63) is 29.8 Å². The van der Waals surface area contributed by atoms with E-state index in [4.69, 9.17) is 5.11 Å². The van der Waals surface area contributed by atoms with Crippen LogP contribution in [0.1, 0.15) is 10.4 Å². The first-order valence-electron chi connectivity index (χ1n) is 5.17. The molecule has 0 aliphatic carbocycles. The first-order valence-corrected chi connectivity index (χ1v) is 7.66. The predicted octanol–water partition coefficient (Wildman–Crippen LogP) is 1.50. The molecule has 17 heavy (non-hydrogen) atoms. The van der Waals surface area contributed by atoms with Crippen molar-refractivity contribution in [3.8, 4) is 5.75 Å². The zero-order valence-electron chi connectivity index (χ0n) is 9.26. The Kier molecular flexibility index (Phi) is 6.91. The quantitative estimate of drug-likeness (QED) is 0.519. The van der Waals surface area contributed by atoms with Crippen LogP contribution < -0.4 is 5.32 Å². The minimum Gasteiger partial charge on any atom is -0.507 e. The highest BCUT2D eigenvalue weighted by Crippen LogP contribution is 2.19. The molecule has 0 atom stereocenters. The maximum atomic E-state index is 11.6. The SMILES string of the molecule is O=C(NCCSSCCO)c1ccccc1O. The number of carbonyl (C=O) groups is 1. The molecule has 4 nitrogen and oxygen atoms in total. The second-order valence-corrected chi connectivity index (χ2v) is 5.84. The summed E-state index contributed by atoms with van der Waals surface area (Å²) in [5.74, 6) is 1.19. The fraction of sp³-hybridized carbons (Fsp3) is 0.364. The van der Waals surface area contributed by atoms with Crippen molar-refractivity contribution in [3.63, 3.8) is 0 Å². The van der Waals surface area contributed by atoms with E-state index in [-0.39, 0.29) is 18.3 Å². The van der Waals surface area contributed by atoms with Crippen LogP contribution in [0, 0.1) is 0 Å². The average molecular weight is 273 g/mol. The van der Waals surface area contributed by atoms with Crippen molar-refractivity contribution in [2.75, 3.05) is 24.7 Å². The molecule has 0 fully saturated rings. The number of aromatic hydroxyl groups is 1. The molecule has 0 aliphatic heterocycles. The molecule has 0 saturated heterocycles. The fourth-order valence-electron chi connectivity index (χ4n) is 1.12. The van der Waals surface area contributed by atoms with Gasteiger partial charge >= 0.3 is 0 Å². The van der Waals surface area contributed by atoms with E-state index in [1.807, 2.05) is 0 Å². The lowest BCUT2D eigenvalue weighted by Gasteiger charge is -2.06. The molecule has 1 rings (SSSR count). The maximum Gasteiger partial charge on any atom is 0.255 e. The highest BCUT2D eigenvalue weighted by molar-refractivity contribution is 8.76. The number of nitrogens with one attached hydrogen (secondary N) is 1. The van der Waals surface area contributed by atoms with Crippen molar-refractivity contribution < 1.29 is 15.0 Å². The molecule has 0 aliphatic rings. The summed E-state index contributed by atoms with van der Waals surface area (Å²) in [6, 6.07) is 6.45. The molecule has 0 bridgehead atoms. The summed E-state index contributed by atoms with van der Waals surface area (Å²) in [6.07, 6.45) is 0. The van der Waals surface area contributed by atoms with Crippen LogP contribution in [-0.2, 0) is 0 Å². The molecule has 0 aromatic heterocycles. The number of amides is 1. The number of hydrogen-bond acceptors (Lipinski definition) is 5. The zero-order valence-corrected chi connectivity index (χ0v) is 10.9. The van der Waals surface area contributed by atoms with Crippen molar-refractivity contribution in [2.24, 2.45) is 0 Å². The van der Waals surface area contributed by atoms with Gasteiger partial charge in [0.2, 0.25) is 0 Å². The summed E-state index contributed by atoms with van der Waals surface area (Å²) >= 11 is 0. The molecular formula is C11H15NO3S2. The molecule has 1 amide bonds. The Bertz CT molecular complexity index is 360. The Labute approximate surface area is 108 Å². The van der Waals surface area contributed by atoms with Crippen LogP contribution in [0.15, 0.2) is 24.3 Å². The Balaban J connectivity index is 2.24. The van der Waals surface area contributed by atoms with E-state index >= 15 is 0 Å². The minimum atomic E-state index is -0.268. The molecule has 6 heteroatoms. The molecule has 0 radical (unpaired) electrons. The highest BCUT2D eigenvalue weighted by Gasteiger charge is 2.08. The van der Waals surface area contributed by atoms with E-state index in [0.717, 1.165) is 5.75 Å². The predicted molar refractivity (Wildman–Crippen MR) is 72.4 cm³/mol. The van der Waals surface area contributed by atoms with Crippen LogP contribution >= 0.6 is 21.6 Å². The Morgan fingerprint density at radius 3 is 2.65 bits per heavy atom. The van der Waals surface area contributed by atoms with Gasteiger partial charge < -0.3 is 15.5 Å². The fourth-order valence-corrected chi connectivity index (χ4v) is 2.80. The zero-order chi connectivity index (χ0) is 12.5. The summed E-state index contributed by atoms with van der Waals surface area (Å²) in [7, 11) is 3.17. The largest absolute Gasteiger partial charge is 0.507 e. The van der Waals surface area contributed by atoms with Gasteiger partial charge in [-0.15, -0.1) is 0 Å². The van der Waals surface area contributed by atoms with Gasteiger partial charge in [-0.25, -0.2) is 0 Å². The van der Waals surface area contributed by atoms with Crippen molar-refractivity contribution in [1.82, 2.24) is 5.32 Å². The molecule has 0 saturated carbocycles. The third kappa shape index (κ3) is 5.34. The van der Waals surface area contributed by atoms with E-state index in [2.05, 4.69) is 5.32 Å². The standard InChI is InChI=1S/C11H15NO3S2/c13-6-8-17-16-7-5-12-11(15)9-3-1-2-4-10(9)14/h1-4,13-14H,5-8H2,(H,12,15). The van der Waals surface area contributed by atoms with Crippen LogP contribution in [0.4, 0.5) is 0 Å². The summed E-state index contributed by atoms with van der Waals surface area (Å²) in [5, 5.41) is 20.7. The van der Waals surface area contributed by atoms with Gasteiger partial charge in [0.15, 0.2) is 0 Å². The number of phenolic OH excluding ortho intramolecular Hbond substituents is 1. The van der Waals surface area contributed by atoms with Gasteiger partial charge in [0.1, 0.15) is 5.75 Å². The smallest absolute Gasteiger partial charge is 0.255 e. The lowest BCUT2D eigenvalue weighted by molar-refractivity contribution is 0.0953. The Morgan fingerprint density at radius 2 is 1.94 bits per heavy atom. The van der Waals surface area contributed by atoms with Crippen LogP contribution in [0.2, 0.25) is 0 Å². The lowest BCUT2D eigenvalue weighted by Crippen LogP contribution is -2.25. The normalized spacial score (nSPS) is 10.2. The van der Waals surface area contributed by atoms with Crippen molar-refractivity contribution in [2.45, 2.75) is 0 Å². The lowest BCUT2D eigenvalue weighted by atomic mass is 10.2. The van der Waals surface area contributed by atoms with E-state index in [9.17, 15) is 9.90 Å². The summed E-state index contributed by atoms with van der Waals surface area (Å²) in [6.45, 7) is 0.707. The molecule has 0 spiro atoms. The molecule has 0 heterocycles. The number of rotatable bonds is 7. The van der Waals surface area contributed by atoms with Crippen molar-refractivity contribution in [1.29, 1.82) is 0 Å². The van der Waals surface area contributed by atoms with Gasteiger partial charge in [0.25, 0.3) is 5.91 Å². The van der Waals surface area contributed by atoms with Gasteiger partial charge in [-0.1, -0.05) is 33.7 Å². The highest BCUT2D eigenvalue weighted by atomic mass is 33.1. The number of hydrogen-bond donors (Lipinski definition) is 3. The van der Waals surface area contributed by atoms with Crippen LogP contribution in [0.5, 0.6) is 5.75 Å². The van der Waals surface area contributed by atoms with E-state index < -0.39 is 0 Å². The number of aliphatic hydroxyl groups excluding tert-OH is 1. The van der Waals surface area contributed by atoms with Gasteiger partial charge in [-0.2, -0.15) is 0 Å². The van der Waals surface area contributed by atoms with E-state index in [1.165, 1.54) is 6.07 Å². The first-order chi connectivity index (χ1) is 8.25. The number of carbonyl (C=O) groups excluding carboxylic acids is 1. The van der Waals surface area contributed by atoms with Gasteiger partial charge in [0.05, 0.1) is 12.2 Å². The number of benzene rings is 1. The van der Waals surface area contributed by atoms with Gasteiger partial charge in [-0.05, 0) is 12.1 Å². The second kappa shape index (κ2) is 8.27. The topological polar surface area (TPSA) is 69.6 Å². The van der Waals surface area contributed by atoms with E-state index in [0.29, 0.717) is 17.9 Å². The summed E-state index contributed by atoms with van der Waals surface area (Å²) in [5.41, 5.74) is 0.292. The average Bonchev–Trinajstić information content (AvgIpc) is 2.34. The molecule has 1 aromatic rings. The van der Waals surface area contributed by atoms with Gasteiger partial charge in [0, 0.05) is 18.1 Å². The van der Waals surface area contributed by atoms with Gasteiger partial charge in [-0.3, -0.25) is 4.79 Å². The van der Waals surface area contributed by atoms with Crippen LogP contribution in [-0.4, -0.2) is 40.8 Å². The molecule has 94 valence electrons. The monoisotopic (exact) mass is 273 g/mol. The molecule has 3 N–H and O–H groups in total. The molecule has 1 aromatic carbocycles. The number of para-hydroxylation sites is 1. The first kappa shape index (κ1) is 14.2. The third-order valence-electron chi connectivity index (χ3n) is 1.88. The second-order valence-electron chi connectivity index (χ2n) is 3.14. The maximum absolute atomic E-state index is 11.6. The summed E-state index contributed by atoms with van der Waals surface area (Å²) in [4.78, 5) is 11.6. The summed E-state index contributed by atoms with van der Waals surface area (Å²) < 4.78 is 0. The number of aliphatic hydroxyl groups is 1. The third-order valence-corrected chi connectivity index (χ3v) is 4.26. The van der Waals surface area contributed by atoms with Crippen LogP contribution in [0.25, 0.3) is 0 Å². The Morgan fingerprint density at radius 1 is 1.24 bits per heavy atom. The van der Waals surface area contributed by atoms with Crippen molar-refractivity contribution >= 4 is 27.5 Å². The number of phenols is 1. The Hall–Kier alpha value is -0.850. The minimum absolute atomic E-state index is 0.00712. The van der Waals surface area contributed by atoms with Crippen LogP contribution in [0.3, 0.4) is 0 Å². The molecular weight excluding hydrogens is 258 g/mol. The molecule has 0 unspecified atom stereocenters. The van der Waals surface area contributed by atoms with E-state index in [1.54, 1.807) is 39.8 Å².